The summed E-state index contributed by atoms with van der Waals surface area (Å²) >= 11 is 1.73. The minimum absolute atomic E-state index is 0.181. The molecule has 1 aliphatic carbocycles. The van der Waals surface area contributed by atoms with E-state index in [1.54, 1.807) is 11.3 Å². The number of morpholine rings is 1. The molecule has 3 heterocycles. The Bertz CT molecular complexity index is 663. The van der Waals surface area contributed by atoms with Crippen LogP contribution in [0.2, 0.25) is 0 Å². The Balaban J connectivity index is 1.37. The summed E-state index contributed by atoms with van der Waals surface area (Å²) in [7, 11) is 0. The fourth-order valence-corrected chi connectivity index (χ4v) is 4.34. The van der Waals surface area contributed by atoms with E-state index >= 15 is 0 Å². The van der Waals surface area contributed by atoms with Crippen LogP contribution in [0.15, 0.2) is 29.9 Å². The summed E-state index contributed by atoms with van der Waals surface area (Å²) in [5, 5.41) is 3.31. The van der Waals surface area contributed by atoms with Crippen molar-refractivity contribution in [3.8, 4) is 0 Å². The zero-order valence-electron chi connectivity index (χ0n) is 13.9. The van der Waals surface area contributed by atoms with E-state index in [-0.39, 0.29) is 12.2 Å². The van der Waals surface area contributed by atoms with Crippen molar-refractivity contribution in [2.45, 2.75) is 51.2 Å². The molecule has 0 amide bonds. The molecule has 128 valence electrons. The molecule has 0 aromatic carbocycles. The van der Waals surface area contributed by atoms with Crippen molar-refractivity contribution in [2.75, 3.05) is 13.2 Å². The van der Waals surface area contributed by atoms with E-state index in [1.165, 1.54) is 11.3 Å². The first-order valence-corrected chi connectivity index (χ1v) is 9.45. The summed E-state index contributed by atoms with van der Waals surface area (Å²) in [6.45, 7) is 5.38. The van der Waals surface area contributed by atoms with Gasteiger partial charge in [0.25, 0.3) is 0 Å². The predicted octanol–water partition coefficient (Wildman–Crippen LogP) is 2.80. The normalized spacial score (nSPS) is 27.3. The molecule has 2 aromatic heterocycles. The number of thiazole rings is 1. The van der Waals surface area contributed by atoms with Crippen molar-refractivity contribution in [3.63, 3.8) is 0 Å². The van der Waals surface area contributed by atoms with E-state index in [1.807, 2.05) is 24.5 Å². The summed E-state index contributed by atoms with van der Waals surface area (Å²) < 4.78 is 12.2. The highest BCUT2D eigenvalue weighted by molar-refractivity contribution is 7.09. The summed E-state index contributed by atoms with van der Waals surface area (Å²) in [5.41, 5.74) is 2.35. The van der Waals surface area contributed by atoms with Crippen LogP contribution in [0.1, 0.15) is 29.1 Å². The van der Waals surface area contributed by atoms with Crippen LogP contribution in [0, 0.1) is 6.92 Å². The fourth-order valence-electron chi connectivity index (χ4n) is 3.74. The molecule has 2 aliphatic rings. The predicted molar refractivity (Wildman–Crippen MR) is 92.8 cm³/mol. The second-order valence-electron chi connectivity index (χ2n) is 6.51. The molecule has 6 heteroatoms. The summed E-state index contributed by atoms with van der Waals surface area (Å²) in [5.74, 6) is 0. The average Bonchev–Trinajstić information content (AvgIpc) is 3.21. The van der Waals surface area contributed by atoms with Crippen LogP contribution in [0.25, 0.3) is 0 Å². The van der Waals surface area contributed by atoms with Gasteiger partial charge in [-0.1, -0.05) is 0 Å². The molecule has 0 bridgehead atoms. The number of rotatable bonds is 5. The monoisotopic (exact) mass is 345 g/mol. The Labute approximate surface area is 146 Å². The largest absolute Gasteiger partial charge is 0.373 e. The third-order valence-electron chi connectivity index (χ3n) is 4.90. The van der Waals surface area contributed by atoms with Crippen LogP contribution in [0.3, 0.4) is 0 Å². The van der Waals surface area contributed by atoms with Crippen LogP contribution in [-0.2, 0) is 22.6 Å². The van der Waals surface area contributed by atoms with Gasteiger partial charge in [-0.3, -0.25) is 9.88 Å². The van der Waals surface area contributed by atoms with Gasteiger partial charge in [-0.25, -0.2) is 4.98 Å². The maximum absolute atomic E-state index is 6.17. The third kappa shape index (κ3) is 3.52. The minimum atomic E-state index is 0.181. The molecule has 3 atom stereocenters. The molecule has 2 aromatic rings. The number of fused-ring (bicyclic) bond motifs is 1. The SMILES string of the molecule is Cc1nc(CN2CCO[C@H]3[C@@H](OCc4ccncc4)CC[C@@H]32)cs1. The molecular weight excluding hydrogens is 322 g/mol. The molecule has 0 N–H and O–H groups in total. The number of aromatic nitrogens is 2. The van der Waals surface area contributed by atoms with Gasteiger partial charge in [0, 0.05) is 36.9 Å². The second kappa shape index (κ2) is 7.27. The van der Waals surface area contributed by atoms with Crippen molar-refractivity contribution in [1.82, 2.24) is 14.9 Å². The molecule has 0 radical (unpaired) electrons. The van der Waals surface area contributed by atoms with Crippen molar-refractivity contribution in [2.24, 2.45) is 0 Å². The molecule has 24 heavy (non-hydrogen) atoms. The molecule has 0 unspecified atom stereocenters. The van der Waals surface area contributed by atoms with Gasteiger partial charge >= 0.3 is 0 Å². The van der Waals surface area contributed by atoms with Crippen molar-refractivity contribution < 1.29 is 9.47 Å². The summed E-state index contributed by atoms with van der Waals surface area (Å²) in [6.07, 6.45) is 6.18. The van der Waals surface area contributed by atoms with E-state index < -0.39 is 0 Å². The van der Waals surface area contributed by atoms with Crippen LogP contribution in [0.4, 0.5) is 0 Å². The topological polar surface area (TPSA) is 47.5 Å². The number of ether oxygens (including phenoxy) is 2. The molecule has 0 spiro atoms. The smallest absolute Gasteiger partial charge is 0.0992 e. The molecule has 1 saturated carbocycles. The first-order chi connectivity index (χ1) is 11.8. The molecule has 5 nitrogen and oxygen atoms in total. The first-order valence-electron chi connectivity index (χ1n) is 8.57. The van der Waals surface area contributed by atoms with Gasteiger partial charge in [-0.05, 0) is 37.5 Å². The van der Waals surface area contributed by atoms with E-state index in [4.69, 9.17) is 9.47 Å². The molecule has 2 fully saturated rings. The number of pyridine rings is 1. The van der Waals surface area contributed by atoms with E-state index in [0.29, 0.717) is 12.6 Å². The van der Waals surface area contributed by atoms with Gasteiger partial charge in [0.1, 0.15) is 0 Å². The zero-order chi connectivity index (χ0) is 16.4. The standard InChI is InChI=1S/C18H23N3O2S/c1-13-20-15(12-24-13)10-21-8-9-22-18-16(21)2-3-17(18)23-11-14-4-6-19-7-5-14/h4-7,12,16-18H,2-3,8-11H2,1H3/t16-,17-,18+/m0/s1. The highest BCUT2D eigenvalue weighted by atomic mass is 32.1. The minimum Gasteiger partial charge on any atom is -0.373 e. The van der Waals surface area contributed by atoms with Crippen LogP contribution < -0.4 is 0 Å². The Hall–Kier alpha value is -1.34. The fraction of sp³-hybridized carbons (Fsp3) is 0.556. The van der Waals surface area contributed by atoms with Gasteiger partial charge in [0.05, 0.1) is 36.1 Å². The lowest BCUT2D eigenvalue weighted by molar-refractivity contribution is -0.118. The number of aryl methyl sites for hydroxylation is 1. The number of hydrogen-bond acceptors (Lipinski definition) is 6. The molecule has 1 saturated heterocycles. The summed E-state index contributed by atoms with van der Waals surface area (Å²) in [6, 6.07) is 4.46. The molecule has 1 aliphatic heterocycles. The van der Waals surface area contributed by atoms with E-state index in [0.717, 1.165) is 37.5 Å². The Kier molecular flexibility index (Phi) is 4.89. The highest BCUT2D eigenvalue weighted by Gasteiger charge is 2.43. The van der Waals surface area contributed by atoms with Crippen molar-refractivity contribution in [3.05, 3.63) is 46.2 Å². The lowest BCUT2D eigenvalue weighted by Crippen LogP contribution is -2.51. The molecular formula is C18H23N3O2S. The Morgan fingerprint density at radius 1 is 1.33 bits per heavy atom. The lowest BCUT2D eigenvalue weighted by Gasteiger charge is -2.38. The van der Waals surface area contributed by atoms with Gasteiger partial charge < -0.3 is 9.47 Å². The van der Waals surface area contributed by atoms with Gasteiger partial charge in [0.15, 0.2) is 0 Å². The maximum atomic E-state index is 6.17. The zero-order valence-corrected chi connectivity index (χ0v) is 14.7. The highest BCUT2D eigenvalue weighted by Crippen LogP contribution is 2.33. The average molecular weight is 345 g/mol. The van der Waals surface area contributed by atoms with E-state index in [9.17, 15) is 0 Å². The lowest BCUT2D eigenvalue weighted by atomic mass is 10.1. The maximum Gasteiger partial charge on any atom is 0.0992 e. The van der Waals surface area contributed by atoms with Crippen LogP contribution >= 0.6 is 11.3 Å². The van der Waals surface area contributed by atoms with Crippen LogP contribution in [0.5, 0.6) is 0 Å². The van der Waals surface area contributed by atoms with Crippen LogP contribution in [-0.4, -0.2) is 46.3 Å². The van der Waals surface area contributed by atoms with Gasteiger partial charge in [-0.15, -0.1) is 11.3 Å². The first kappa shape index (κ1) is 16.1. The second-order valence-corrected chi connectivity index (χ2v) is 7.58. The van der Waals surface area contributed by atoms with Crippen molar-refractivity contribution in [1.29, 1.82) is 0 Å². The Morgan fingerprint density at radius 2 is 2.21 bits per heavy atom. The quantitative estimate of drug-likeness (QED) is 0.834. The van der Waals surface area contributed by atoms with Crippen molar-refractivity contribution >= 4 is 11.3 Å². The molecule has 4 rings (SSSR count). The van der Waals surface area contributed by atoms with Gasteiger partial charge in [0.2, 0.25) is 0 Å². The van der Waals surface area contributed by atoms with Gasteiger partial charge in [-0.2, -0.15) is 0 Å². The Morgan fingerprint density at radius 3 is 3.00 bits per heavy atom. The number of nitrogens with zero attached hydrogens (tertiary/aromatic N) is 3. The summed E-state index contributed by atoms with van der Waals surface area (Å²) in [4.78, 5) is 11.2. The van der Waals surface area contributed by atoms with E-state index in [2.05, 4.69) is 27.2 Å². The number of hydrogen-bond donors (Lipinski definition) is 0. The third-order valence-corrected chi connectivity index (χ3v) is 5.72.